The lowest BCUT2D eigenvalue weighted by molar-refractivity contribution is -0.144. The van der Waals surface area contributed by atoms with Crippen LogP contribution in [-0.4, -0.2) is 110 Å². The van der Waals surface area contributed by atoms with Crippen LogP contribution in [0.25, 0.3) is 0 Å². The first-order valence-corrected chi connectivity index (χ1v) is 15.5. The molecule has 0 spiro atoms. The van der Waals surface area contributed by atoms with Crippen molar-refractivity contribution in [1.29, 1.82) is 0 Å². The van der Waals surface area contributed by atoms with Crippen molar-refractivity contribution in [2.45, 2.75) is 51.2 Å². The summed E-state index contributed by atoms with van der Waals surface area (Å²) in [5.41, 5.74) is 1.26. The Labute approximate surface area is 260 Å². The van der Waals surface area contributed by atoms with Crippen LogP contribution in [0.5, 0.6) is 23.0 Å². The molecule has 2 aliphatic heterocycles. The molecule has 1 saturated heterocycles. The largest absolute Gasteiger partial charge is 0.493 e. The van der Waals surface area contributed by atoms with Crippen LogP contribution in [0, 0.1) is 5.92 Å². The molecule has 0 bridgehead atoms. The summed E-state index contributed by atoms with van der Waals surface area (Å²) < 4.78 is 22.8. The Bertz CT molecular complexity index is 1260. The topological polar surface area (TPSA) is 121 Å². The van der Waals surface area contributed by atoms with Gasteiger partial charge in [-0.05, 0) is 69.7 Å². The second-order valence-corrected chi connectivity index (χ2v) is 11.7. The van der Waals surface area contributed by atoms with Gasteiger partial charge in [-0.25, -0.2) is 0 Å². The molecular formula is C33H47N3O8. The normalized spacial score (nSPS) is 19.4. The zero-order valence-electron chi connectivity index (χ0n) is 26.4. The molecule has 2 heterocycles. The van der Waals surface area contributed by atoms with Crippen LogP contribution in [0.15, 0.2) is 36.4 Å². The van der Waals surface area contributed by atoms with Crippen molar-refractivity contribution in [3.63, 3.8) is 0 Å². The van der Waals surface area contributed by atoms with E-state index in [9.17, 15) is 19.8 Å². The number of ether oxygens (including phenoxy) is 4. The van der Waals surface area contributed by atoms with E-state index in [1.54, 1.807) is 31.4 Å². The van der Waals surface area contributed by atoms with Crippen molar-refractivity contribution in [3.05, 3.63) is 47.5 Å². The first-order valence-electron chi connectivity index (χ1n) is 15.5. The van der Waals surface area contributed by atoms with E-state index < -0.39 is 23.8 Å². The molecule has 1 amide bonds. The molecule has 2 N–H and O–H groups in total. The van der Waals surface area contributed by atoms with E-state index in [-0.39, 0.29) is 32.5 Å². The Morgan fingerprint density at radius 2 is 1.77 bits per heavy atom. The molecule has 0 aromatic heterocycles. The minimum Gasteiger partial charge on any atom is -0.493 e. The molecule has 2 aromatic carbocycles. The van der Waals surface area contributed by atoms with E-state index in [0.717, 1.165) is 37.8 Å². The second kappa shape index (κ2) is 16.0. The zero-order chi connectivity index (χ0) is 31.6. The number of benzene rings is 2. The van der Waals surface area contributed by atoms with Crippen LogP contribution in [0.1, 0.15) is 49.7 Å². The number of aliphatic carboxylic acids is 1. The number of methoxy groups -OCH3 is 1. The molecular weight excluding hydrogens is 566 g/mol. The smallest absolute Gasteiger partial charge is 0.308 e. The third-order valence-electron chi connectivity index (χ3n) is 8.44. The van der Waals surface area contributed by atoms with E-state index in [1.165, 1.54) is 0 Å². The SMILES string of the molecule is CCCCN(CCCCN(C)C)C(=O)CN1C[C@H](c2cc(CO)c3c(c2)OCO3)[C@@H](C(=O)O)[C@@H]1COc1ccccc1OC. The number of likely N-dealkylation sites (tertiary alicyclic amines) is 1. The number of hydrogen-bond donors (Lipinski definition) is 2. The maximum absolute atomic E-state index is 13.8. The summed E-state index contributed by atoms with van der Waals surface area (Å²) in [6, 6.07) is 10.2. The molecule has 44 heavy (non-hydrogen) atoms. The molecule has 2 aliphatic rings. The first kappa shape index (κ1) is 33.4. The predicted octanol–water partition coefficient (Wildman–Crippen LogP) is 3.43. The molecule has 1 fully saturated rings. The standard InChI is InChI=1S/C33H47N3O8/c1-5-6-14-35(15-10-9-13-34(2)3)30(38)19-36-18-25(23-16-24(20-37)32-29(17-23)43-22-44-32)31(33(39)40)26(36)21-42-28-12-8-7-11-27(28)41-4/h7-8,11-12,16-17,25-26,31,37H,5-6,9-10,13-15,18-22H2,1-4H3,(H,39,40)/t25-,26+,31-/m1/s1. The molecule has 242 valence electrons. The van der Waals surface area contributed by atoms with Crippen molar-refractivity contribution in [2.75, 3.05) is 67.3 Å². The van der Waals surface area contributed by atoms with Gasteiger partial charge < -0.3 is 39.0 Å². The number of carbonyl (C=O) groups is 2. The van der Waals surface area contributed by atoms with Gasteiger partial charge in [-0.15, -0.1) is 0 Å². The lowest BCUT2D eigenvalue weighted by Gasteiger charge is -2.30. The highest BCUT2D eigenvalue weighted by Crippen LogP contribution is 2.44. The van der Waals surface area contributed by atoms with Gasteiger partial charge in [0.25, 0.3) is 0 Å². The van der Waals surface area contributed by atoms with Gasteiger partial charge in [0.1, 0.15) is 6.61 Å². The quantitative estimate of drug-likeness (QED) is 0.257. The molecule has 3 atom stereocenters. The van der Waals surface area contributed by atoms with Gasteiger partial charge in [-0.3, -0.25) is 14.5 Å². The number of hydrogen-bond acceptors (Lipinski definition) is 9. The lowest BCUT2D eigenvalue weighted by atomic mass is 9.84. The molecule has 2 aromatic rings. The van der Waals surface area contributed by atoms with E-state index in [4.69, 9.17) is 18.9 Å². The Hall–Kier alpha value is -3.54. The van der Waals surface area contributed by atoms with Gasteiger partial charge in [0.05, 0.1) is 32.2 Å². The number of fused-ring (bicyclic) bond motifs is 1. The van der Waals surface area contributed by atoms with Crippen LogP contribution in [0.3, 0.4) is 0 Å². The van der Waals surface area contributed by atoms with E-state index in [2.05, 4.69) is 11.8 Å². The second-order valence-electron chi connectivity index (χ2n) is 11.7. The minimum atomic E-state index is -0.978. The van der Waals surface area contributed by atoms with Crippen molar-refractivity contribution in [2.24, 2.45) is 5.92 Å². The van der Waals surface area contributed by atoms with Crippen LogP contribution in [0.2, 0.25) is 0 Å². The average Bonchev–Trinajstić information content (AvgIpc) is 3.63. The lowest BCUT2D eigenvalue weighted by Crippen LogP contribution is -2.46. The number of unbranched alkanes of at least 4 members (excludes halogenated alkanes) is 2. The molecule has 0 aliphatic carbocycles. The summed E-state index contributed by atoms with van der Waals surface area (Å²) in [5, 5.41) is 20.6. The molecule has 11 nitrogen and oxygen atoms in total. The maximum Gasteiger partial charge on any atom is 0.308 e. The summed E-state index contributed by atoms with van der Waals surface area (Å²) in [4.78, 5) is 32.8. The van der Waals surface area contributed by atoms with Gasteiger partial charge >= 0.3 is 5.97 Å². The third kappa shape index (κ3) is 8.13. The van der Waals surface area contributed by atoms with Crippen molar-refractivity contribution in [1.82, 2.24) is 14.7 Å². The summed E-state index contributed by atoms with van der Waals surface area (Å²) in [5.74, 6) is -0.344. The fourth-order valence-electron chi connectivity index (χ4n) is 6.10. The summed E-state index contributed by atoms with van der Waals surface area (Å²) in [6.07, 6.45) is 3.76. The van der Waals surface area contributed by atoms with Crippen LogP contribution in [0.4, 0.5) is 0 Å². The molecule has 0 radical (unpaired) electrons. The Morgan fingerprint density at radius 1 is 1.05 bits per heavy atom. The van der Waals surface area contributed by atoms with Gasteiger partial charge in [-0.1, -0.05) is 25.5 Å². The van der Waals surface area contributed by atoms with Crippen molar-refractivity contribution in [3.8, 4) is 23.0 Å². The number of amides is 1. The number of aliphatic hydroxyl groups is 1. The number of para-hydroxylation sites is 2. The van der Waals surface area contributed by atoms with Crippen LogP contribution < -0.4 is 18.9 Å². The number of carboxylic acid groups (broad SMARTS) is 1. The molecule has 0 unspecified atom stereocenters. The minimum absolute atomic E-state index is 0.0166. The van der Waals surface area contributed by atoms with Crippen LogP contribution >= 0.6 is 0 Å². The van der Waals surface area contributed by atoms with E-state index in [0.29, 0.717) is 48.2 Å². The van der Waals surface area contributed by atoms with E-state index in [1.807, 2.05) is 36.0 Å². The van der Waals surface area contributed by atoms with Crippen molar-refractivity contribution >= 4 is 11.9 Å². The molecule has 0 saturated carbocycles. The fraction of sp³-hybridized carbons (Fsp3) is 0.576. The zero-order valence-corrected chi connectivity index (χ0v) is 26.4. The fourth-order valence-corrected chi connectivity index (χ4v) is 6.10. The molecule has 11 heteroatoms. The number of rotatable bonds is 17. The average molecular weight is 614 g/mol. The Balaban J connectivity index is 1.62. The monoisotopic (exact) mass is 613 g/mol. The number of carbonyl (C=O) groups excluding carboxylic acids is 1. The molecule has 4 rings (SSSR count). The van der Waals surface area contributed by atoms with Crippen molar-refractivity contribution < 1.29 is 38.7 Å². The van der Waals surface area contributed by atoms with Gasteiger partial charge in [0, 0.05) is 31.1 Å². The first-order chi connectivity index (χ1) is 21.3. The summed E-state index contributed by atoms with van der Waals surface area (Å²) >= 11 is 0. The van der Waals surface area contributed by atoms with E-state index >= 15 is 0 Å². The highest BCUT2D eigenvalue weighted by atomic mass is 16.7. The summed E-state index contributed by atoms with van der Waals surface area (Å²) in [6.45, 7) is 4.62. The Kier molecular flexibility index (Phi) is 12.1. The van der Waals surface area contributed by atoms with Gasteiger partial charge in [0.2, 0.25) is 12.7 Å². The summed E-state index contributed by atoms with van der Waals surface area (Å²) in [7, 11) is 5.64. The predicted molar refractivity (Wildman–Crippen MR) is 165 cm³/mol. The van der Waals surface area contributed by atoms with Crippen LogP contribution in [-0.2, 0) is 16.2 Å². The highest BCUT2D eigenvalue weighted by Gasteiger charge is 2.48. The van der Waals surface area contributed by atoms with Gasteiger partial charge in [0.15, 0.2) is 23.0 Å². The Morgan fingerprint density at radius 3 is 2.45 bits per heavy atom. The number of nitrogens with zero attached hydrogens (tertiary/aromatic N) is 3. The number of aliphatic hydroxyl groups excluding tert-OH is 1. The van der Waals surface area contributed by atoms with Gasteiger partial charge in [-0.2, -0.15) is 0 Å². The number of carboxylic acids is 1. The highest BCUT2D eigenvalue weighted by molar-refractivity contribution is 5.79. The maximum atomic E-state index is 13.8. The third-order valence-corrected chi connectivity index (χ3v) is 8.44.